The molecule has 4 nitrogen and oxygen atoms in total. The van der Waals surface area contributed by atoms with E-state index < -0.39 is 6.04 Å². The SMILES string of the molecule is Cl.N[C@@H](CCO)c1ccc(O)cc1O. The van der Waals surface area contributed by atoms with Crippen molar-refractivity contribution in [1.29, 1.82) is 0 Å². The highest BCUT2D eigenvalue weighted by Gasteiger charge is 2.10. The number of phenolic OH excluding ortho intramolecular Hbond substituents is 2. The number of benzene rings is 1. The minimum Gasteiger partial charge on any atom is -0.508 e. The van der Waals surface area contributed by atoms with Crippen molar-refractivity contribution in [3.05, 3.63) is 23.8 Å². The highest BCUT2D eigenvalue weighted by atomic mass is 35.5. The summed E-state index contributed by atoms with van der Waals surface area (Å²) in [6.45, 7) is -0.0263. The van der Waals surface area contributed by atoms with E-state index in [0.29, 0.717) is 12.0 Å². The van der Waals surface area contributed by atoms with E-state index in [2.05, 4.69) is 0 Å². The lowest BCUT2D eigenvalue weighted by Gasteiger charge is -2.11. The van der Waals surface area contributed by atoms with E-state index >= 15 is 0 Å². The van der Waals surface area contributed by atoms with Crippen LogP contribution in [0.2, 0.25) is 0 Å². The number of rotatable bonds is 3. The van der Waals surface area contributed by atoms with E-state index in [4.69, 9.17) is 15.9 Å². The average Bonchev–Trinajstić information content (AvgIpc) is 2.04. The predicted molar refractivity (Wildman–Crippen MR) is 55.7 cm³/mol. The Morgan fingerprint density at radius 1 is 1.29 bits per heavy atom. The van der Waals surface area contributed by atoms with Gasteiger partial charge in [0.15, 0.2) is 0 Å². The van der Waals surface area contributed by atoms with E-state index in [1.807, 2.05) is 0 Å². The number of hydrogen-bond donors (Lipinski definition) is 4. The predicted octanol–water partition coefficient (Wildman–Crippen LogP) is 0.902. The Labute approximate surface area is 88.4 Å². The molecule has 0 saturated heterocycles. The average molecular weight is 220 g/mol. The molecule has 0 heterocycles. The highest BCUT2D eigenvalue weighted by Crippen LogP contribution is 2.27. The van der Waals surface area contributed by atoms with E-state index in [0.717, 1.165) is 0 Å². The first-order chi connectivity index (χ1) is 6.15. The Morgan fingerprint density at radius 3 is 2.43 bits per heavy atom. The van der Waals surface area contributed by atoms with Crippen molar-refractivity contribution in [2.24, 2.45) is 5.73 Å². The van der Waals surface area contributed by atoms with Crippen molar-refractivity contribution in [3.8, 4) is 11.5 Å². The summed E-state index contributed by atoms with van der Waals surface area (Å²) in [6.07, 6.45) is 0.387. The summed E-state index contributed by atoms with van der Waals surface area (Å²) >= 11 is 0. The van der Waals surface area contributed by atoms with Crippen LogP contribution in [0.3, 0.4) is 0 Å². The Hall–Kier alpha value is -0.970. The first-order valence-electron chi connectivity index (χ1n) is 4.03. The van der Waals surface area contributed by atoms with E-state index in [9.17, 15) is 5.11 Å². The van der Waals surface area contributed by atoms with Gasteiger partial charge in [-0.15, -0.1) is 12.4 Å². The van der Waals surface area contributed by atoms with E-state index in [-0.39, 0.29) is 30.5 Å². The molecular weight excluding hydrogens is 206 g/mol. The molecule has 0 unspecified atom stereocenters. The molecule has 5 N–H and O–H groups in total. The number of hydrogen-bond acceptors (Lipinski definition) is 4. The number of phenols is 2. The van der Waals surface area contributed by atoms with Gasteiger partial charge in [-0.05, 0) is 12.5 Å². The summed E-state index contributed by atoms with van der Waals surface area (Å²) in [5, 5.41) is 27.0. The first kappa shape index (κ1) is 13.0. The maximum absolute atomic E-state index is 9.37. The Morgan fingerprint density at radius 2 is 1.93 bits per heavy atom. The third-order valence-corrected chi connectivity index (χ3v) is 1.85. The van der Waals surface area contributed by atoms with Gasteiger partial charge in [0.1, 0.15) is 11.5 Å². The third kappa shape index (κ3) is 3.06. The molecule has 1 atom stereocenters. The van der Waals surface area contributed by atoms with Crippen LogP contribution < -0.4 is 5.73 Å². The molecule has 1 aromatic rings. The van der Waals surface area contributed by atoms with Crippen molar-refractivity contribution in [2.75, 3.05) is 6.61 Å². The highest BCUT2D eigenvalue weighted by molar-refractivity contribution is 5.85. The summed E-state index contributed by atoms with van der Waals surface area (Å²) in [5.41, 5.74) is 6.19. The summed E-state index contributed by atoms with van der Waals surface area (Å²) in [4.78, 5) is 0. The van der Waals surface area contributed by atoms with Crippen LogP contribution in [-0.4, -0.2) is 21.9 Å². The molecule has 0 aliphatic rings. The van der Waals surface area contributed by atoms with Crippen molar-refractivity contribution in [1.82, 2.24) is 0 Å². The molecule has 0 saturated carbocycles. The van der Waals surface area contributed by atoms with Crippen LogP contribution in [-0.2, 0) is 0 Å². The van der Waals surface area contributed by atoms with Crippen LogP contribution in [0.15, 0.2) is 18.2 Å². The monoisotopic (exact) mass is 219 g/mol. The lowest BCUT2D eigenvalue weighted by atomic mass is 10.0. The minimum absolute atomic E-state index is 0. The standard InChI is InChI=1S/C9H13NO3.ClH/c10-8(3-4-11)7-2-1-6(12)5-9(7)13;/h1-2,5,8,11-13H,3-4,10H2;1H/t8-;/m0./s1. The number of aliphatic hydroxyl groups excluding tert-OH is 1. The van der Waals surface area contributed by atoms with Crippen molar-refractivity contribution >= 4 is 12.4 Å². The molecule has 0 aromatic heterocycles. The van der Waals surface area contributed by atoms with Gasteiger partial charge >= 0.3 is 0 Å². The second-order valence-corrected chi connectivity index (χ2v) is 2.86. The van der Waals surface area contributed by atoms with Gasteiger partial charge in [0, 0.05) is 24.3 Å². The maximum atomic E-state index is 9.37. The molecule has 0 fully saturated rings. The fourth-order valence-electron chi connectivity index (χ4n) is 1.14. The number of aromatic hydroxyl groups is 2. The largest absolute Gasteiger partial charge is 0.508 e. The van der Waals surface area contributed by atoms with Crippen LogP contribution >= 0.6 is 12.4 Å². The summed E-state index contributed by atoms with van der Waals surface area (Å²) < 4.78 is 0. The second-order valence-electron chi connectivity index (χ2n) is 2.86. The van der Waals surface area contributed by atoms with Gasteiger partial charge in [0.05, 0.1) is 0 Å². The van der Waals surface area contributed by atoms with Gasteiger partial charge in [-0.25, -0.2) is 0 Å². The minimum atomic E-state index is -0.398. The molecule has 0 radical (unpaired) electrons. The van der Waals surface area contributed by atoms with Gasteiger partial charge in [-0.1, -0.05) is 6.07 Å². The van der Waals surface area contributed by atoms with Gasteiger partial charge in [-0.2, -0.15) is 0 Å². The van der Waals surface area contributed by atoms with Crippen molar-refractivity contribution < 1.29 is 15.3 Å². The molecule has 0 spiro atoms. The third-order valence-electron chi connectivity index (χ3n) is 1.85. The molecule has 0 aliphatic carbocycles. The van der Waals surface area contributed by atoms with Crippen LogP contribution in [0.25, 0.3) is 0 Å². The van der Waals surface area contributed by atoms with Crippen molar-refractivity contribution in [3.63, 3.8) is 0 Å². The molecule has 0 aliphatic heterocycles. The topological polar surface area (TPSA) is 86.7 Å². The van der Waals surface area contributed by atoms with Crippen LogP contribution in [0.4, 0.5) is 0 Å². The van der Waals surface area contributed by atoms with Gasteiger partial charge in [0.2, 0.25) is 0 Å². The van der Waals surface area contributed by atoms with Crippen LogP contribution in [0.5, 0.6) is 11.5 Å². The number of aliphatic hydroxyl groups is 1. The Kier molecular flexibility index (Phi) is 5.30. The summed E-state index contributed by atoms with van der Waals surface area (Å²) in [5.74, 6) is -0.0431. The van der Waals surface area contributed by atoms with E-state index in [1.54, 1.807) is 6.07 Å². The molecule has 0 amide bonds. The Bertz CT molecular complexity index is 293. The second kappa shape index (κ2) is 5.70. The molecule has 1 aromatic carbocycles. The zero-order chi connectivity index (χ0) is 9.84. The maximum Gasteiger partial charge on any atom is 0.124 e. The van der Waals surface area contributed by atoms with Gasteiger partial charge in [0.25, 0.3) is 0 Å². The summed E-state index contributed by atoms with van der Waals surface area (Å²) in [6, 6.07) is 3.83. The smallest absolute Gasteiger partial charge is 0.124 e. The van der Waals surface area contributed by atoms with Crippen LogP contribution in [0, 0.1) is 0 Å². The lowest BCUT2D eigenvalue weighted by Crippen LogP contribution is -2.11. The normalized spacial score (nSPS) is 11.9. The van der Waals surface area contributed by atoms with Crippen molar-refractivity contribution in [2.45, 2.75) is 12.5 Å². The number of halogens is 1. The molecule has 5 heteroatoms. The van der Waals surface area contributed by atoms with E-state index in [1.165, 1.54) is 12.1 Å². The summed E-state index contributed by atoms with van der Waals surface area (Å²) in [7, 11) is 0. The molecule has 80 valence electrons. The van der Waals surface area contributed by atoms with Gasteiger partial charge < -0.3 is 21.1 Å². The first-order valence-corrected chi connectivity index (χ1v) is 4.03. The lowest BCUT2D eigenvalue weighted by molar-refractivity contribution is 0.275. The molecule has 1 rings (SSSR count). The molecular formula is C9H14ClNO3. The molecule has 14 heavy (non-hydrogen) atoms. The zero-order valence-corrected chi connectivity index (χ0v) is 8.37. The van der Waals surface area contributed by atoms with Crippen LogP contribution in [0.1, 0.15) is 18.0 Å². The Balaban J connectivity index is 0.00000169. The fourth-order valence-corrected chi connectivity index (χ4v) is 1.14. The van der Waals surface area contributed by atoms with Gasteiger partial charge in [-0.3, -0.25) is 0 Å². The fraction of sp³-hybridized carbons (Fsp3) is 0.333. The quantitative estimate of drug-likeness (QED) is 0.609. The zero-order valence-electron chi connectivity index (χ0n) is 7.55. The number of nitrogens with two attached hydrogens (primary N) is 1. The molecule has 0 bridgehead atoms.